The maximum absolute atomic E-state index is 13.6. The van der Waals surface area contributed by atoms with Gasteiger partial charge in [-0.2, -0.15) is 0 Å². The number of nitrogens with zero attached hydrogens (tertiary/aromatic N) is 1. The van der Waals surface area contributed by atoms with Gasteiger partial charge in [-0.3, -0.25) is 4.90 Å². The minimum Gasteiger partial charge on any atom is -0.396 e. The summed E-state index contributed by atoms with van der Waals surface area (Å²) in [6, 6.07) is 5.50. The lowest BCUT2D eigenvalue weighted by Gasteiger charge is -2.24. The van der Waals surface area contributed by atoms with Gasteiger partial charge in [0.25, 0.3) is 0 Å². The van der Waals surface area contributed by atoms with Crippen molar-refractivity contribution in [1.82, 2.24) is 4.90 Å². The number of aliphatic hydroxyl groups is 2. The highest BCUT2D eigenvalue weighted by molar-refractivity contribution is 5.38. The molecule has 1 unspecified atom stereocenters. The second-order valence-corrected chi connectivity index (χ2v) is 5.41. The van der Waals surface area contributed by atoms with Crippen LogP contribution in [0.25, 0.3) is 0 Å². The molecule has 1 aliphatic rings. The van der Waals surface area contributed by atoms with Gasteiger partial charge in [-0.05, 0) is 49.9 Å². The van der Waals surface area contributed by atoms with Crippen LogP contribution in [0.5, 0.6) is 0 Å². The Labute approximate surface area is 125 Å². The van der Waals surface area contributed by atoms with Crippen molar-refractivity contribution in [2.75, 3.05) is 19.8 Å². The zero-order valence-corrected chi connectivity index (χ0v) is 12.2. The molecular formula is C17H22FNO2. The van der Waals surface area contributed by atoms with Crippen LogP contribution in [0.3, 0.4) is 0 Å². The Morgan fingerprint density at radius 3 is 2.95 bits per heavy atom. The number of aliphatic hydroxyl groups excluding tert-OH is 2. The van der Waals surface area contributed by atoms with Gasteiger partial charge < -0.3 is 10.2 Å². The summed E-state index contributed by atoms with van der Waals surface area (Å²) in [5.74, 6) is 4.78. The zero-order valence-electron chi connectivity index (χ0n) is 12.2. The Kier molecular flexibility index (Phi) is 6.19. The van der Waals surface area contributed by atoms with Crippen LogP contribution in [0.1, 0.15) is 36.8 Å². The quantitative estimate of drug-likeness (QED) is 0.815. The first-order chi connectivity index (χ1) is 10.2. The van der Waals surface area contributed by atoms with Gasteiger partial charge in [0.1, 0.15) is 12.4 Å². The largest absolute Gasteiger partial charge is 0.396 e. The van der Waals surface area contributed by atoms with Crippen molar-refractivity contribution in [3.63, 3.8) is 0 Å². The summed E-state index contributed by atoms with van der Waals surface area (Å²) >= 11 is 0. The summed E-state index contributed by atoms with van der Waals surface area (Å²) in [6.45, 7) is 1.80. The zero-order chi connectivity index (χ0) is 15.1. The lowest BCUT2D eigenvalue weighted by Crippen LogP contribution is -2.29. The molecule has 0 aliphatic carbocycles. The molecule has 1 saturated heterocycles. The molecule has 1 fully saturated rings. The summed E-state index contributed by atoms with van der Waals surface area (Å²) in [4.78, 5) is 2.39. The van der Waals surface area contributed by atoms with Gasteiger partial charge in [0, 0.05) is 19.2 Å². The van der Waals surface area contributed by atoms with E-state index < -0.39 is 0 Å². The number of hydrogen-bond acceptors (Lipinski definition) is 3. The molecular weight excluding hydrogens is 269 g/mol. The van der Waals surface area contributed by atoms with Crippen LogP contribution in [0, 0.1) is 17.7 Å². The molecule has 2 N–H and O–H groups in total. The minimum absolute atomic E-state index is 0.238. The SMILES string of the molecule is OCC#Cc1cc(CN2CCCC2CCCO)ccc1F. The Balaban J connectivity index is 2.05. The molecule has 0 saturated carbocycles. The lowest BCUT2D eigenvalue weighted by atomic mass is 10.1. The van der Waals surface area contributed by atoms with E-state index in [2.05, 4.69) is 16.7 Å². The van der Waals surface area contributed by atoms with Crippen LogP contribution < -0.4 is 0 Å². The highest BCUT2D eigenvalue weighted by Crippen LogP contribution is 2.24. The van der Waals surface area contributed by atoms with Crippen molar-refractivity contribution in [1.29, 1.82) is 0 Å². The molecule has 1 aromatic rings. The van der Waals surface area contributed by atoms with E-state index in [1.807, 2.05) is 0 Å². The Morgan fingerprint density at radius 2 is 2.19 bits per heavy atom. The van der Waals surface area contributed by atoms with Gasteiger partial charge in [-0.25, -0.2) is 4.39 Å². The van der Waals surface area contributed by atoms with Gasteiger partial charge in [0.05, 0.1) is 5.56 Å². The highest BCUT2D eigenvalue weighted by atomic mass is 19.1. The van der Waals surface area contributed by atoms with Crippen LogP contribution in [-0.2, 0) is 6.54 Å². The molecule has 0 amide bonds. The van der Waals surface area contributed by atoms with Crippen molar-refractivity contribution in [3.8, 4) is 11.8 Å². The van der Waals surface area contributed by atoms with Gasteiger partial charge >= 0.3 is 0 Å². The highest BCUT2D eigenvalue weighted by Gasteiger charge is 2.23. The van der Waals surface area contributed by atoms with Crippen LogP contribution in [0.2, 0.25) is 0 Å². The molecule has 1 heterocycles. The molecule has 1 aromatic carbocycles. The maximum Gasteiger partial charge on any atom is 0.138 e. The Hall–Kier alpha value is -1.41. The average molecular weight is 291 g/mol. The van der Waals surface area contributed by atoms with Crippen molar-refractivity contribution in [2.24, 2.45) is 0 Å². The van der Waals surface area contributed by atoms with E-state index in [9.17, 15) is 4.39 Å². The van der Waals surface area contributed by atoms with Crippen LogP contribution >= 0.6 is 0 Å². The predicted molar refractivity (Wildman–Crippen MR) is 80.1 cm³/mol. The fraction of sp³-hybridized carbons (Fsp3) is 0.529. The third-order valence-corrected chi connectivity index (χ3v) is 3.91. The molecule has 1 aliphatic heterocycles. The van der Waals surface area contributed by atoms with Gasteiger partial charge in [0.2, 0.25) is 0 Å². The molecule has 0 bridgehead atoms. The monoisotopic (exact) mass is 291 g/mol. The summed E-state index contributed by atoms with van der Waals surface area (Å²) in [5.41, 5.74) is 1.38. The van der Waals surface area contributed by atoms with E-state index in [0.29, 0.717) is 11.6 Å². The summed E-state index contributed by atoms with van der Waals surface area (Å²) in [5, 5.41) is 17.7. The third kappa shape index (κ3) is 4.53. The molecule has 3 nitrogen and oxygen atoms in total. The normalized spacial score (nSPS) is 18.5. The molecule has 4 heteroatoms. The third-order valence-electron chi connectivity index (χ3n) is 3.91. The van der Waals surface area contributed by atoms with Gasteiger partial charge in [-0.1, -0.05) is 17.9 Å². The topological polar surface area (TPSA) is 43.7 Å². The first kappa shape index (κ1) is 16.0. The average Bonchev–Trinajstić information content (AvgIpc) is 2.92. The van der Waals surface area contributed by atoms with Crippen LogP contribution in [0.15, 0.2) is 18.2 Å². The first-order valence-corrected chi connectivity index (χ1v) is 7.47. The van der Waals surface area contributed by atoms with E-state index in [1.54, 1.807) is 12.1 Å². The molecule has 0 spiro atoms. The molecule has 1 atom stereocenters. The molecule has 0 aromatic heterocycles. The van der Waals surface area contributed by atoms with Crippen molar-refractivity contribution in [2.45, 2.75) is 38.3 Å². The summed E-state index contributed by atoms with van der Waals surface area (Å²) in [7, 11) is 0. The van der Waals surface area contributed by atoms with Gasteiger partial charge in [0.15, 0.2) is 0 Å². The van der Waals surface area contributed by atoms with Crippen LogP contribution in [-0.4, -0.2) is 40.9 Å². The van der Waals surface area contributed by atoms with E-state index in [0.717, 1.165) is 31.5 Å². The standard InChI is InChI=1S/C17H22FNO2/c18-17-8-7-14(12-15(17)4-2-10-20)13-19-9-1-5-16(19)6-3-11-21/h7-8,12,16,20-21H,1,3,5-6,9-11,13H2. The Morgan fingerprint density at radius 1 is 1.33 bits per heavy atom. The smallest absolute Gasteiger partial charge is 0.138 e. The van der Waals surface area contributed by atoms with E-state index in [-0.39, 0.29) is 19.0 Å². The molecule has 21 heavy (non-hydrogen) atoms. The second-order valence-electron chi connectivity index (χ2n) is 5.41. The fourth-order valence-electron chi connectivity index (χ4n) is 2.89. The number of hydrogen-bond donors (Lipinski definition) is 2. The minimum atomic E-state index is -0.349. The second kappa shape index (κ2) is 8.14. The molecule has 0 radical (unpaired) electrons. The van der Waals surface area contributed by atoms with Crippen molar-refractivity contribution < 1.29 is 14.6 Å². The first-order valence-electron chi connectivity index (χ1n) is 7.47. The van der Waals surface area contributed by atoms with Crippen molar-refractivity contribution >= 4 is 0 Å². The number of benzene rings is 1. The lowest BCUT2D eigenvalue weighted by molar-refractivity contribution is 0.210. The Bertz CT molecular complexity index is 521. The number of halogens is 1. The number of rotatable bonds is 5. The summed E-state index contributed by atoms with van der Waals surface area (Å²) < 4.78 is 13.6. The fourth-order valence-corrected chi connectivity index (χ4v) is 2.89. The van der Waals surface area contributed by atoms with E-state index >= 15 is 0 Å². The van der Waals surface area contributed by atoms with E-state index in [4.69, 9.17) is 10.2 Å². The van der Waals surface area contributed by atoms with Gasteiger partial charge in [-0.15, -0.1) is 0 Å². The summed E-state index contributed by atoms with van der Waals surface area (Å²) in [6.07, 6.45) is 4.18. The van der Waals surface area contributed by atoms with E-state index in [1.165, 1.54) is 18.9 Å². The molecule has 114 valence electrons. The number of likely N-dealkylation sites (tertiary alicyclic amines) is 1. The maximum atomic E-state index is 13.6. The van der Waals surface area contributed by atoms with Crippen LogP contribution in [0.4, 0.5) is 4.39 Å². The molecule has 2 rings (SSSR count). The predicted octanol–water partition coefficient (Wildman–Crippen LogP) is 1.91. The van der Waals surface area contributed by atoms with Crippen molar-refractivity contribution in [3.05, 3.63) is 35.1 Å².